The fraction of sp³-hybridized carbons (Fsp3) is 0.346. The number of halogens is 4. The highest BCUT2D eigenvalue weighted by Crippen LogP contribution is 2.28. The molecule has 0 spiro atoms. The predicted octanol–water partition coefficient (Wildman–Crippen LogP) is 4.93. The molecule has 1 unspecified atom stereocenters. The number of carbonyl (C=O) groups is 1. The smallest absolute Gasteiger partial charge is 0.481 e. The molecule has 1 atom stereocenters. The molecule has 1 saturated heterocycles. The van der Waals surface area contributed by atoms with Crippen LogP contribution in [0.25, 0.3) is 5.69 Å². The van der Waals surface area contributed by atoms with Crippen LogP contribution >= 0.6 is 0 Å². The minimum atomic E-state index is -4.96. The van der Waals surface area contributed by atoms with Gasteiger partial charge in [-0.3, -0.25) is 19.1 Å². The number of rotatable bonds is 7. The number of aromatic nitrogens is 2. The molecule has 1 aromatic heterocycles. The minimum absolute atomic E-state index is 0.219. The SMILES string of the molecule is Cc1cc(-n2ccnc(Nc3ccc(OC(F)(F)F)cc3F)c2=O)cc(C)c1CN1CCCC(C(=O)O)C1. The van der Waals surface area contributed by atoms with Crippen LogP contribution in [0.4, 0.5) is 29.1 Å². The largest absolute Gasteiger partial charge is 0.573 e. The fourth-order valence-electron chi connectivity index (χ4n) is 4.61. The van der Waals surface area contributed by atoms with E-state index in [0.717, 1.165) is 41.8 Å². The van der Waals surface area contributed by atoms with Gasteiger partial charge in [0.2, 0.25) is 0 Å². The van der Waals surface area contributed by atoms with Crippen LogP contribution in [0.15, 0.2) is 47.5 Å². The molecule has 0 amide bonds. The van der Waals surface area contributed by atoms with Crippen LogP contribution in [0.3, 0.4) is 0 Å². The lowest BCUT2D eigenvalue weighted by atomic mass is 9.96. The molecule has 4 rings (SSSR count). The summed E-state index contributed by atoms with van der Waals surface area (Å²) in [6.07, 6.45) is -0.675. The minimum Gasteiger partial charge on any atom is -0.481 e. The lowest BCUT2D eigenvalue weighted by Crippen LogP contribution is -2.38. The zero-order valence-corrected chi connectivity index (χ0v) is 20.7. The first-order valence-electron chi connectivity index (χ1n) is 11.9. The number of benzene rings is 2. The lowest BCUT2D eigenvalue weighted by Gasteiger charge is -2.31. The maximum Gasteiger partial charge on any atom is 0.573 e. The monoisotopic (exact) mass is 534 g/mol. The molecule has 2 N–H and O–H groups in total. The molecule has 38 heavy (non-hydrogen) atoms. The number of hydrogen-bond acceptors (Lipinski definition) is 6. The second-order valence-corrected chi connectivity index (χ2v) is 9.24. The average Bonchev–Trinajstić information content (AvgIpc) is 2.83. The molecule has 1 aliphatic rings. The van der Waals surface area contributed by atoms with Crippen molar-refractivity contribution >= 4 is 17.5 Å². The highest BCUT2D eigenvalue weighted by Gasteiger charge is 2.31. The number of aryl methyl sites for hydroxylation is 2. The Labute approximate surface area is 215 Å². The van der Waals surface area contributed by atoms with Gasteiger partial charge in [-0.15, -0.1) is 13.2 Å². The van der Waals surface area contributed by atoms with Crippen LogP contribution in [0.2, 0.25) is 0 Å². The zero-order valence-electron chi connectivity index (χ0n) is 20.7. The van der Waals surface area contributed by atoms with Crippen LogP contribution in [-0.2, 0) is 11.3 Å². The topological polar surface area (TPSA) is 96.7 Å². The molecule has 2 heterocycles. The first kappa shape index (κ1) is 27.1. The number of aliphatic carboxylic acids is 1. The second-order valence-electron chi connectivity index (χ2n) is 9.24. The van der Waals surface area contributed by atoms with E-state index in [0.29, 0.717) is 31.3 Å². The molecule has 1 aliphatic heterocycles. The predicted molar refractivity (Wildman–Crippen MR) is 131 cm³/mol. The summed E-state index contributed by atoms with van der Waals surface area (Å²) in [7, 11) is 0. The van der Waals surface area contributed by atoms with Gasteiger partial charge in [0.05, 0.1) is 11.6 Å². The third-order valence-corrected chi connectivity index (χ3v) is 6.46. The Morgan fingerprint density at radius 1 is 1.21 bits per heavy atom. The van der Waals surface area contributed by atoms with Crippen molar-refractivity contribution in [2.24, 2.45) is 5.92 Å². The van der Waals surface area contributed by atoms with E-state index in [-0.39, 0.29) is 17.4 Å². The summed E-state index contributed by atoms with van der Waals surface area (Å²) >= 11 is 0. The van der Waals surface area contributed by atoms with Gasteiger partial charge in [0.1, 0.15) is 11.6 Å². The normalized spacial score (nSPS) is 16.3. The maximum atomic E-state index is 14.4. The van der Waals surface area contributed by atoms with Crippen molar-refractivity contribution in [3.63, 3.8) is 0 Å². The molecule has 1 fully saturated rings. The summed E-state index contributed by atoms with van der Waals surface area (Å²) in [5, 5.41) is 11.9. The van der Waals surface area contributed by atoms with Gasteiger partial charge in [-0.25, -0.2) is 9.37 Å². The highest BCUT2D eigenvalue weighted by molar-refractivity contribution is 5.70. The van der Waals surface area contributed by atoms with Crippen molar-refractivity contribution in [1.82, 2.24) is 14.5 Å². The summed E-state index contributed by atoms with van der Waals surface area (Å²) in [4.78, 5) is 30.6. The highest BCUT2D eigenvalue weighted by atomic mass is 19.4. The molecule has 202 valence electrons. The Morgan fingerprint density at radius 2 is 1.92 bits per heavy atom. The Hall–Kier alpha value is -3.93. The number of carboxylic acids is 1. The van der Waals surface area contributed by atoms with Gasteiger partial charge in [0.15, 0.2) is 5.82 Å². The van der Waals surface area contributed by atoms with Gasteiger partial charge in [0, 0.05) is 37.2 Å². The number of hydrogen-bond donors (Lipinski definition) is 2. The van der Waals surface area contributed by atoms with Gasteiger partial charge in [-0.2, -0.15) is 0 Å². The van der Waals surface area contributed by atoms with Crippen LogP contribution < -0.4 is 15.6 Å². The van der Waals surface area contributed by atoms with Gasteiger partial charge < -0.3 is 15.2 Å². The summed E-state index contributed by atoms with van der Waals surface area (Å²) in [5.74, 6) is -3.17. The van der Waals surface area contributed by atoms with E-state index in [1.807, 2.05) is 26.0 Å². The molecule has 0 bridgehead atoms. The number of nitrogens with zero attached hydrogens (tertiary/aromatic N) is 3. The second kappa shape index (κ2) is 10.8. The Morgan fingerprint density at radius 3 is 2.55 bits per heavy atom. The number of anilines is 2. The van der Waals surface area contributed by atoms with Crippen molar-refractivity contribution in [1.29, 1.82) is 0 Å². The van der Waals surface area contributed by atoms with E-state index in [4.69, 9.17) is 0 Å². The molecule has 0 saturated carbocycles. The summed E-state index contributed by atoms with van der Waals surface area (Å²) in [6.45, 7) is 5.70. The molecule has 12 heteroatoms. The van der Waals surface area contributed by atoms with Crippen molar-refractivity contribution in [2.45, 2.75) is 39.6 Å². The number of alkyl halides is 3. The lowest BCUT2D eigenvalue weighted by molar-refractivity contribution is -0.274. The van der Waals surface area contributed by atoms with Crippen LogP contribution in [-0.4, -0.2) is 45.0 Å². The molecule has 3 aromatic rings. The van der Waals surface area contributed by atoms with Gasteiger partial charge in [-0.05, 0) is 74.2 Å². The Bertz CT molecular complexity index is 1380. The van der Waals surface area contributed by atoms with E-state index in [2.05, 4.69) is 19.9 Å². The number of likely N-dealkylation sites (tertiary alicyclic amines) is 1. The third-order valence-electron chi connectivity index (χ3n) is 6.46. The van der Waals surface area contributed by atoms with Crippen molar-refractivity contribution in [3.8, 4) is 11.4 Å². The number of carboxylic acid groups (broad SMARTS) is 1. The van der Waals surface area contributed by atoms with E-state index in [9.17, 15) is 32.3 Å². The van der Waals surface area contributed by atoms with E-state index < -0.39 is 29.5 Å². The van der Waals surface area contributed by atoms with Crippen molar-refractivity contribution in [3.05, 3.63) is 75.6 Å². The van der Waals surface area contributed by atoms with Gasteiger partial charge in [-0.1, -0.05) is 0 Å². The number of ether oxygens (including phenoxy) is 1. The number of nitrogens with one attached hydrogen (secondary N) is 1. The van der Waals surface area contributed by atoms with Crippen molar-refractivity contribution in [2.75, 3.05) is 18.4 Å². The molecular weight excluding hydrogens is 508 g/mol. The third kappa shape index (κ3) is 6.31. The van der Waals surface area contributed by atoms with Crippen LogP contribution in [0.1, 0.15) is 29.5 Å². The Balaban J connectivity index is 1.56. The summed E-state index contributed by atoms with van der Waals surface area (Å²) < 4.78 is 56.6. The quantitative estimate of drug-likeness (QED) is 0.415. The average molecular weight is 535 g/mol. The molecule has 0 aliphatic carbocycles. The van der Waals surface area contributed by atoms with E-state index in [1.165, 1.54) is 17.0 Å². The van der Waals surface area contributed by atoms with E-state index in [1.54, 1.807) is 0 Å². The Kier molecular flexibility index (Phi) is 7.72. The van der Waals surface area contributed by atoms with Gasteiger partial charge >= 0.3 is 12.3 Å². The van der Waals surface area contributed by atoms with Gasteiger partial charge in [0.25, 0.3) is 5.56 Å². The number of piperidine rings is 1. The maximum absolute atomic E-state index is 14.4. The molecule has 0 radical (unpaired) electrons. The van der Waals surface area contributed by atoms with Crippen LogP contribution in [0.5, 0.6) is 5.75 Å². The van der Waals surface area contributed by atoms with E-state index >= 15 is 0 Å². The first-order valence-corrected chi connectivity index (χ1v) is 11.9. The molecular formula is C26H26F4N4O4. The van der Waals surface area contributed by atoms with Crippen molar-refractivity contribution < 1.29 is 32.2 Å². The van der Waals surface area contributed by atoms with Crippen LogP contribution in [0, 0.1) is 25.6 Å². The first-order chi connectivity index (χ1) is 17.9. The summed E-state index contributed by atoms with van der Waals surface area (Å²) in [6, 6.07) is 6.16. The fourth-order valence-corrected chi connectivity index (χ4v) is 4.61. The molecule has 8 nitrogen and oxygen atoms in total. The zero-order chi connectivity index (χ0) is 27.6. The molecule has 2 aromatic carbocycles. The summed E-state index contributed by atoms with van der Waals surface area (Å²) in [5.41, 5.74) is 2.60. The standard InChI is InChI=1S/C26H26F4N4O4/c1-15-10-18(11-16(2)20(15)14-33-8-3-4-17(13-33)25(36)37)34-9-7-31-23(24(34)35)32-22-6-5-19(12-21(22)27)38-26(28,29)30/h5-7,9-12,17H,3-4,8,13-14H2,1-2H3,(H,31,32)(H,36,37).